The second kappa shape index (κ2) is 6.69. The molecular weight excluding hydrogens is 216 g/mol. The monoisotopic (exact) mass is 242 g/mol. The summed E-state index contributed by atoms with van der Waals surface area (Å²) in [6.07, 6.45) is 3.88. The average molecular weight is 242 g/mol. The molecule has 2 heterocycles. The van der Waals surface area contributed by atoms with Crippen LogP contribution in [-0.4, -0.2) is 52.1 Å². The third-order valence-corrected chi connectivity index (χ3v) is 3.90. The van der Waals surface area contributed by atoms with Gasteiger partial charge in [0.15, 0.2) is 0 Å². The van der Waals surface area contributed by atoms with Gasteiger partial charge in [0.25, 0.3) is 0 Å². The fourth-order valence-electron chi connectivity index (χ4n) is 2.50. The molecule has 0 aromatic rings. The van der Waals surface area contributed by atoms with Crippen LogP contribution in [0.25, 0.3) is 0 Å². The van der Waals surface area contributed by atoms with Crippen molar-refractivity contribution in [3.05, 3.63) is 0 Å². The Hall–Kier alpha value is -0.160. The fraction of sp³-hybridized carbons (Fsp3) is 1.00. The Labute approximate surface area is 104 Å². The maximum absolute atomic E-state index is 5.67. The number of morpholine rings is 1. The highest BCUT2D eigenvalue weighted by atomic mass is 16.5. The van der Waals surface area contributed by atoms with E-state index in [1.165, 1.54) is 12.8 Å². The van der Waals surface area contributed by atoms with Gasteiger partial charge in [0, 0.05) is 32.8 Å². The molecular formula is C13H26N2O2. The summed E-state index contributed by atoms with van der Waals surface area (Å²) < 4.78 is 11.1. The van der Waals surface area contributed by atoms with E-state index in [9.17, 15) is 0 Å². The predicted molar refractivity (Wildman–Crippen MR) is 68.3 cm³/mol. The molecule has 0 aromatic carbocycles. The third-order valence-electron chi connectivity index (χ3n) is 3.90. The van der Waals surface area contributed by atoms with Crippen molar-refractivity contribution < 1.29 is 9.47 Å². The van der Waals surface area contributed by atoms with Crippen molar-refractivity contribution in [2.45, 2.75) is 32.3 Å². The van der Waals surface area contributed by atoms with Crippen molar-refractivity contribution in [3.8, 4) is 0 Å². The average Bonchev–Trinajstić information content (AvgIpc) is 2.37. The quantitative estimate of drug-likeness (QED) is 0.699. The molecule has 1 atom stereocenters. The first-order valence-corrected chi connectivity index (χ1v) is 6.89. The zero-order chi connectivity index (χ0) is 12.0. The van der Waals surface area contributed by atoms with E-state index >= 15 is 0 Å². The first-order valence-electron chi connectivity index (χ1n) is 6.89. The minimum atomic E-state index is 0.402. The van der Waals surface area contributed by atoms with E-state index in [-0.39, 0.29) is 0 Å². The van der Waals surface area contributed by atoms with Crippen LogP contribution in [0.15, 0.2) is 0 Å². The van der Waals surface area contributed by atoms with Crippen molar-refractivity contribution in [2.24, 2.45) is 5.41 Å². The first-order chi connectivity index (χ1) is 8.29. The van der Waals surface area contributed by atoms with Crippen molar-refractivity contribution in [1.29, 1.82) is 0 Å². The highest BCUT2D eigenvalue weighted by Crippen LogP contribution is 2.28. The minimum absolute atomic E-state index is 0.402. The lowest BCUT2D eigenvalue weighted by Crippen LogP contribution is -2.41. The maximum Gasteiger partial charge on any atom is 0.0712 e. The first kappa shape index (κ1) is 13.3. The molecule has 4 nitrogen and oxygen atoms in total. The summed E-state index contributed by atoms with van der Waals surface area (Å²) in [6.45, 7) is 9.25. The van der Waals surface area contributed by atoms with Crippen LogP contribution in [0.3, 0.4) is 0 Å². The maximum atomic E-state index is 5.67. The van der Waals surface area contributed by atoms with E-state index in [2.05, 4.69) is 17.6 Å². The van der Waals surface area contributed by atoms with Crippen molar-refractivity contribution in [3.63, 3.8) is 0 Å². The zero-order valence-corrected chi connectivity index (χ0v) is 11.0. The molecule has 0 spiro atoms. The molecule has 2 N–H and O–H groups in total. The highest BCUT2D eigenvalue weighted by molar-refractivity contribution is 4.79. The molecule has 2 aliphatic heterocycles. The molecule has 1 unspecified atom stereocenters. The SMILES string of the molecule is CC1(CNCCC2CNCCO2)CCOCC1. The van der Waals surface area contributed by atoms with Gasteiger partial charge in [-0.1, -0.05) is 6.92 Å². The number of nitrogens with one attached hydrogen (secondary N) is 2. The highest BCUT2D eigenvalue weighted by Gasteiger charge is 2.26. The topological polar surface area (TPSA) is 42.5 Å². The van der Waals surface area contributed by atoms with Gasteiger partial charge in [-0.3, -0.25) is 0 Å². The predicted octanol–water partition coefficient (Wildman–Crippen LogP) is 0.771. The van der Waals surface area contributed by atoms with Gasteiger partial charge in [-0.05, 0) is 31.2 Å². The molecule has 0 radical (unpaired) electrons. The van der Waals surface area contributed by atoms with Crippen molar-refractivity contribution in [2.75, 3.05) is 46.0 Å². The molecule has 2 fully saturated rings. The molecule has 0 aliphatic carbocycles. The van der Waals surface area contributed by atoms with E-state index in [0.29, 0.717) is 11.5 Å². The molecule has 4 heteroatoms. The van der Waals surface area contributed by atoms with E-state index in [4.69, 9.17) is 9.47 Å². The van der Waals surface area contributed by atoms with Gasteiger partial charge in [0.1, 0.15) is 0 Å². The van der Waals surface area contributed by atoms with Crippen LogP contribution in [0.5, 0.6) is 0 Å². The van der Waals surface area contributed by atoms with Gasteiger partial charge in [-0.25, -0.2) is 0 Å². The van der Waals surface area contributed by atoms with Crippen LogP contribution in [0.4, 0.5) is 0 Å². The zero-order valence-electron chi connectivity index (χ0n) is 11.0. The molecule has 0 amide bonds. The Morgan fingerprint density at radius 1 is 1.29 bits per heavy atom. The summed E-state index contributed by atoms with van der Waals surface area (Å²) in [5.74, 6) is 0. The Morgan fingerprint density at radius 3 is 2.82 bits per heavy atom. The van der Waals surface area contributed by atoms with Crippen LogP contribution in [0, 0.1) is 5.41 Å². The van der Waals surface area contributed by atoms with Gasteiger partial charge < -0.3 is 20.1 Å². The summed E-state index contributed by atoms with van der Waals surface area (Å²) in [5, 5.41) is 6.94. The summed E-state index contributed by atoms with van der Waals surface area (Å²) >= 11 is 0. The van der Waals surface area contributed by atoms with Crippen LogP contribution in [0.1, 0.15) is 26.2 Å². The second-order valence-corrected chi connectivity index (χ2v) is 5.59. The van der Waals surface area contributed by atoms with Gasteiger partial charge in [-0.2, -0.15) is 0 Å². The molecule has 0 saturated carbocycles. The minimum Gasteiger partial charge on any atom is -0.381 e. The normalized spacial score (nSPS) is 29.1. The van der Waals surface area contributed by atoms with Gasteiger partial charge >= 0.3 is 0 Å². The van der Waals surface area contributed by atoms with Crippen LogP contribution in [0.2, 0.25) is 0 Å². The fourth-order valence-corrected chi connectivity index (χ4v) is 2.50. The number of hydrogen-bond donors (Lipinski definition) is 2. The van der Waals surface area contributed by atoms with Crippen LogP contribution >= 0.6 is 0 Å². The Kier molecular flexibility index (Phi) is 5.22. The summed E-state index contributed by atoms with van der Waals surface area (Å²) in [5.41, 5.74) is 0.434. The molecule has 2 aliphatic rings. The largest absolute Gasteiger partial charge is 0.381 e. The molecule has 2 rings (SSSR count). The number of hydrogen-bond acceptors (Lipinski definition) is 4. The van der Waals surface area contributed by atoms with E-state index < -0.39 is 0 Å². The van der Waals surface area contributed by atoms with Crippen LogP contribution in [-0.2, 0) is 9.47 Å². The Balaban J connectivity index is 1.55. The van der Waals surface area contributed by atoms with Crippen LogP contribution < -0.4 is 10.6 Å². The Morgan fingerprint density at radius 2 is 2.12 bits per heavy atom. The lowest BCUT2D eigenvalue weighted by atomic mass is 9.82. The van der Waals surface area contributed by atoms with Gasteiger partial charge in [0.05, 0.1) is 12.7 Å². The lowest BCUT2D eigenvalue weighted by Gasteiger charge is -2.34. The number of rotatable bonds is 5. The molecule has 100 valence electrons. The lowest BCUT2D eigenvalue weighted by molar-refractivity contribution is 0.0166. The van der Waals surface area contributed by atoms with E-state index in [0.717, 1.165) is 52.4 Å². The van der Waals surface area contributed by atoms with E-state index in [1.54, 1.807) is 0 Å². The van der Waals surface area contributed by atoms with Crippen molar-refractivity contribution in [1.82, 2.24) is 10.6 Å². The smallest absolute Gasteiger partial charge is 0.0712 e. The molecule has 0 aromatic heterocycles. The second-order valence-electron chi connectivity index (χ2n) is 5.59. The molecule has 0 bridgehead atoms. The summed E-state index contributed by atoms with van der Waals surface area (Å²) in [7, 11) is 0. The molecule has 17 heavy (non-hydrogen) atoms. The van der Waals surface area contributed by atoms with Gasteiger partial charge in [-0.15, -0.1) is 0 Å². The number of ether oxygens (including phenoxy) is 2. The summed E-state index contributed by atoms with van der Waals surface area (Å²) in [6, 6.07) is 0. The summed E-state index contributed by atoms with van der Waals surface area (Å²) in [4.78, 5) is 0. The Bertz CT molecular complexity index is 211. The van der Waals surface area contributed by atoms with Gasteiger partial charge in [0.2, 0.25) is 0 Å². The van der Waals surface area contributed by atoms with Crippen molar-refractivity contribution >= 4 is 0 Å². The third kappa shape index (κ3) is 4.54. The molecule has 2 saturated heterocycles. The standard InChI is InChI=1S/C13H26N2O2/c1-13(3-7-16-8-4-13)11-15-5-2-12-10-14-6-9-17-12/h12,14-15H,2-11H2,1H3. The van der Waals surface area contributed by atoms with E-state index in [1.807, 2.05) is 0 Å².